The van der Waals surface area contributed by atoms with E-state index in [4.69, 9.17) is 10.5 Å². The van der Waals surface area contributed by atoms with E-state index >= 15 is 0 Å². The summed E-state index contributed by atoms with van der Waals surface area (Å²) < 4.78 is 6.38. The topological polar surface area (TPSA) is 82.2 Å². The molecule has 1 rings (SSSR count). The molecule has 0 spiro atoms. The quantitative estimate of drug-likeness (QED) is 0.660. The Hall–Kier alpha value is -1.56. The zero-order chi connectivity index (χ0) is 11.3. The van der Waals surface area contributed by atoms with Crippen LogP contribution in [-0.2, 0) is 11.8 Å². The molecule has 0 aliphatic heterocycles. The lowest BCUT2D eigenvalue weighted by Gasteiger charge is -2.02. The maximum Gasteiger partial charge on any atom is 0.256 e. The number of anilines is 1. The van der Waals surface area contributed by atoms with Crippen molar-refractivity contribution in [2.24, 2.45) is 7.05 Å². The molecular weight excluding hydrogens is 196 g/mol. The molecule has 0 saturated heterocycles. The van der Waals surface area contributed by atoms with Gasteiger partial charge in [-0.3, -0.25) is 9.48 Å². The van der Waals surface area contributed by atoms with Gasteiger partial charge in [0.25, 0.3) is 5.91 Å². The first-order valence-corrected chi connectivity index (χ1v) is 4.71. The lowest BCUT2D eigenvalue weighted by molar-refractivity contribution is 0.0949. The van der Waals surface area contributed by atoms with Crippen molar-refractivity contribution in [3.8, 4) is 0 Å². The molecular formula is C9H16N4O2. The summed E-state index contributed by atoms with van der Waals surface area (Å²) in [5, 5.41) is 6.62. The van der Waals surface area contributed by atoms with E-state index in [-0.39, 0.29) is 11.7 Å². The molecule has 0 aromatic carbocycles. The number of nitrogens with two attached hydrogens (primary N) is 1. The SMILES string of the molecule is COCCCNC(=O)c1cn(C)nc1N. The van der Waals surface area contributed by atoms with Gasteiger partial charge in [0, 0.05) is 33.5 Å². The van der Waals surface area contributed by atoms with Crippen LogP contribution >= 0.6 is 0 Å². The molecule has 0 aliphatic carbocycles. The van der Waals surface area contributed by atoms with Gasteiger partial charge in [0.2, 0.25) is 0 Å². The van der Waals surface area contributed by atoms with E-state index in [0.29, 0.717) is 18.7 Å². The summed E-state index contributed by atoms with van der Waals surface area (Å²) in [5.74, 6) is 0.0541. The molecule has 3 N–H and O–H groups in total. The summed E-state index contributed by atoms with van der Waals surface area (Å²) in [4.78, 5) is 11.6. The van der Waals surface area contributed by atoms with Gasteiger partial charge in [-0.05, 0) is 6.42 Å². The number of rotatable bonds is 5. The highest BCUT2D eigenvalue weighted by atomic mass is 16.5. The molecule has 0 aliphatic rings. The van der Waals surface area contributed by atoms with Crippen molar-refractivity contribution in [2.75, 3.05) is 26.0 Å². The molecule has 6 nitrogen and oxygen atoms in total. The zero-order valence-corrected chi connectivity index (χ0v) is 8.99. The first-order chi connectivity index (χ1) is 7.15. The number of nitrogen functional groups attached to an aromatic ring is 1. The molecule has 1 aromatic heterocycles. The number of hydrogen-bond donors (Lipinski definition) is 2. The Morgan fingerprint density at radius 3 is 3.00 bits per heavy atom. The van der Waals surface area contributed by atoms with Crippen molar-refractivity contribution in [2.45, 2.75) is 6.42 Å². The highest BCUT2D eigenvalue weighted by molar-refractivity contribution is 5.98. The highest BCUT2D eigenvalue weighted by Crippen LogP contribution is 2.06. The van der Waals surface area contributed by atoms with Crippen LogP contribution in [0.4, 0.5) is 5.82 Å². The van der Waals surface area contributed by atoms with E-state index in [1.165, 1.54) is 4.68 Å². The van der Waals surface area contributed by atoms with E-state index < -0.39 is 0 Å². The number of carbonyl (C=O) groups excluding carboxylic acids is 1. The van der Waals surface area contributed by atoms with Crippen molar-refractivity contribution < 1.29 is 9.53 Å². The van der Waals surface area contributed by atoms with Gasteiger partial charge in [-0.25, -0.2) is 0 Å². The minimum Gasteiger partial charge on any atom is -0.385 e. The van der Waals surface area contributed by atoms with Crippen LogP contribution in [0.25, 0.3) is 0 Å². The maximum absolute atomic E-state index is 11.6. The average Bonchev–Trinajstić information content (AvgIpc) is 2.52. The van der Waals surface area contributed by atoms with Gasteiger partial charge in [-0.15, -0.1) is 0 Å². The van der Waals surface area contributed by atoms with E-state index in [1.54, 1.807) is 20.4 Å². The fourth-order valence-corrected chi connectivity index (χ4v) is 1.19. The van der Waals surface area contributed by atoms with Gasteiger partial charge in [0.05, 0.1) is 0 Å². The van der Waals surface area contributed by atoms with Gasteiger partial charge in [-0.2, -0.15) is 5.10 Å². The summed E-state index contributed by atoms with van der Waals surface area (Å²) in [5.41, 5.74) is 5.97. The predicted octanol–water partition coefficient (Wildman–Crippen LogP) is -0.231. The van der Waals surface area contributed by atoms with Gasteiger partial charge >= 0.3 is 0 Å². The number of nitrogens with zero attached hydrogens (tertiary/aromatic N) is 2. The minimum atomic E-state index is -0.197. The van der Waals surface area contributed by atoms with Crippen molar-refractivity contribution >= 4 is 11.7 Å². The number of aryl methyl sites for hydroxylation is 1. The van der Waals surface area contributed by atoms with Crippen LogP contribution in [-0.4, -0.2) is 35.9 Å². The second-order valence-electron chi connectivity index (χ2n) is 3.20. The van der Waals surface area contributed by atoms with Crippen molar-refractivity contribution in [3.63, 3.8) is 0 Å². The summed E-state index contributed by atoms with van der Waals surface area (Å²) >= 11 is 0. The van der Waals surface area contributed by atoms with Gasteiger partial charge in [0.1, 0.15) is 5.56 Å². The smallest absolute Gasteiger partial charge is 0.256 e. The number of nitrogens with one attached hydrogen (secondary N) is 1. The van der Waals surface area contributed by atoms with E-state index in [1.807, 2.05) is 0 Å². The van der Waals surface area contributed by atoms with Crippen LogP contribution in [0, 0.1) is 0 Å². The maximum atomic E-state index is 11.6. The Balaban J connectivity index is 2.43. The molecule has 1 heterocycles. The molecule has 84 valence electrons. The second kappa shape index (κ2) is 5.35. The fraction of sp³-hybridized carbons (Fsp3) is 0.556. The number of methoxy groups -OCH3 is 1. The molecule has 1 aromatic rings. The first kappa shape index (κ1) is 11.5. The Bertz CT molecular complexity index is 335. The van der Waals surface area contributed by atoms with E-state index in [2.05, 4.69) is 10.4 Å². The monoisotopic (exact) mass is 212 g/mol. The van der Waals surface area contributed by atoms with Gasteiger partial charge in [0.15, 0.2) is 5.82 Å². The second-order valence-corrected chi connectivity index (χ2v) is 3.20. The van der Waals surface area contributed by atoms with Crippen molar-refractivity contribution in [3.05, 3.63) is 11.8 Å². The first-order valence-electron chi connectivity index (χ1n) is 4.71. The van der Waals surface area contributed by atoms with Crippen molar-refractivity contribution in [1.82, 2.24) is 15.1 Å². The van der Waals surface area contributed by atoms with Crippen LogP contribution in [0.3, 0.4) is 0 Å². The zero-order valence-electron chi connectivity index (χ0n) is 8.99. The minimum absolute atomic E-state index is 0.197. The number of aromatic nitrogens is 2. The Kier molecular flexibility index (Phi) is 4.11. The molecule has 15 heavy (non-hydrogen) atoms. The van der Waals surface area contributed by atoms with Crippen molar-refractivity contribution in [1.29, 1.82) is 0 Å². The molecule has 0 radical (unpaired) electrons. The van der Waals surface area contributed by atoms with E-state index in [0.717, 1.165) is 6.42 Å². The van der Waals surface area contributed by atoms with Gasteiger partial charge < -0.3 is 15.8 Å². The lowest BCUT2D eigenvalue weighted by atomic mass is 10.3. The fourth-order valence-electron chi connectivity index (χ4n) is 1.19. The average molecular weight is 212 g/mol. The predicted molar refractivity (Wildman–Crippen MR) is 56.4 cm³/mol. The molecule has 0 fully saturated rings. The van der Waals surface area contributed by atoms with Crippen LogP contribution in [0.15, 0.2) is 6.20 Å². The Labute approximate surface area is 88.4 Å². The molecule has 1 amide bonds. The summed E-state index contributed by atoms with van der Waals surface area (Å²) in [6.07, 6.45) is 2.38. The number of ether oxygens (including phenoxy) is 1. The summed E-state index contributed by atoms with van der Waals surface area (Å²) in [7, 11) is 3.35. The Morgan fingerprint density at radius 1 is 1.73 bits per heavy atom. The standard InChI is InChI=1S/C9H16N4O2/c1-13-6-7(8(10)12-13)9(14)11-4-3-5-15-2/h6H,3-5H2,1-2H3,(H2,10,12)(H,11,14). The molecule has 6 heteroatoms. The van der Waals surface area contributed by atoms with Crippen LogP contribution in [0.2, 0.25) is 0 Å². The third kappa shape index (κ3) is 3.25. The van der Waals surface area contributed by atoms with Gasteiger partial charge in [-0.1, -0.05) is 0 Å². The lowest BCUT2D eigenvalue weighted by Crippen LogP contribution is -2.25. The third-order valence-electron chi connectivity index (χ3n) is 1.91. The van der Waals surface area contributed by atoms with Crippen LogP contribution in [0.1, 0.15) is 16.8 Å². The summed E-state index contributed by atoms with van der Waals surface area (Å²) in [6.45, 7) is 1.20. The molecule has 0 bridgehead atoms. The van der Waals surface area contributed by atoms with E-state index in [9.17, 15) is 4.79 Å². The number of carbonyl (C=O) groups is 1. The van der Waals surface area contributed by atoms with Crippen LogP contribution in [0.5, 0.6) is 0 Å². The highest BCUT2D eigenvalue weighted by Gasteiger charge is 2.11. The summed E-state index contributed by atoms with van der Waals surface area (Å²) in [6, 6.07) is 0. The number of amides is 1. The van der Waals surface area contributed by atoms with Crippen LogP contribution < -0.4 is 11.1 Å². The molecule has 0 atom stereocenters. The molecule has 0 saturated carbocycles. The normalized spacial score (nSPS) is 10.3. The third-order valence-corrected chi connectivity index (χ3v) is 1.91. The Morgan fingerprint density at radius 2 is 2.47 bits per heavy atom. The number of hydrogen-bond acceptors (Lipinski definition) is 4. The largest absolute Gasteiger partial charge is 0.385 e. The molecule has 0 unspecified atom stereocenters.